The number of aromatic nitrogens is 3. The third-order valence-electron chi connectivity index (χ3n) is 3.29. The molecule has 1 aliphatic rings. The molecule has 1 aromatic rings. The predicted molar refractivity (Wildman–Crippen MR) is 52.4 cm³/mol. The molecule has 1 aliphatic carbocycles. The standard InChI is InChI=1S/C10H13F2N3O/c1-6(7-3-2-4-7)15-9(10(11)12)8(5-16)13-14-15/h5-7,10H,2-4H2,1H3. The molecular weight excluding hydrogens is 216 g/mol. The van der Waals surface area contributed by atoms with Gasteiger partial charge >= 0.3 is 0 Å². The quantitative estimate of drug-likeness (QED) is 0.745. The van der Waals surface area contributed by atoms with Crippen LogP contribution < -0.4 is 0 Å². The van der Waals surface area contributed by atoms with E-state index in [0.29, 0.717) is 12.2 Å². The molecule has 0 N–H and O–H groups in total. The minimum absolute atomic E-state index is 0.112. The van der Waals surface area contributed by atoms with E-state index >= 15 is 0 Å². The monoisotopic (exact) mass is 229 g/mol. The van der Waals surface area contributed by atoms with E-state index < -0.39 is 6.43 Å². The average Bonchev–Trinajstić information content (AvgIpc) is 2.57. The summed E-state index contributed by atoms with van der Waals surface area (Å²) in [5.41, 5.74) is -0.601. The van der Waals surface area contributed by atoms with E-state index in [4.69, 9.17) is 0 Å². The summed E-state index contributed by atoms with van der Waals surface area (Å²) in [5.74, 6) is 0.374. The van der Waals surface area contributed by atoms with Crippen molar-refractivity contribution in [2.75, 3.05) is 0 Å². The zero-order valence-electron chi connectivity index (χ0n) is 8.94. The molecule has 0 bridgehead atoms. The number of halogens is 2. The van der Waals surface area contributed by atoms with Gasteiger partial charge < -0.3 is 0 Å². The van der Waals surface area contributed by atoms with E-state index in [-0.39, 0.29) is 17.4 Å². The normalized spacial score (nSPS) is 18.5. The van der Waals surface area contributed by atoms with Crippen molar-refractivity contribution in [1.82, 2.24) is 15.0 Å². The van der Waals surface area contributed by atoms with E-state index in [0.717, 1.165) is 19.3 Å². The van der Waals surface area contributed by atoms with Gasteiger partial charge in [0.1, 0.15) is 5.69 Å². The van der Waals surface area contributed by atoms with Crippen molar-refractivity contribution in [3.8, 4) is 0 Å². The second kappa shape index (κ2) is 4.27. The lowest BCUT2D eigenvalue weighted by molar-refractivity contribution is 0.108. The van der Waals surface area contributed by atoms with Gasteiger partial charge in [-0.25, -0.2) is 13.5 Å². The highest BCUT2D eigenvalue weighted by molar-refractivity contribution is 5.73. The van der Waals surface area contributed by atoms with E-state index in [9.17, 15) is 13.6 Å². The Morgan fingerprint density at radius 1 is 1.50 bits per heavy atom. The Labute approximate surface area is 91.6 Å². The summed E-state index contributed by atoms with van der Waals surface area (Å²) in [4.78, 5) is 10.6. The van der Waals surface area contributed by atoms with Gasteiger partial charge in [0.15, 0.2) is 12.0 Å². The van der Waals surface area contributed by atoms with Gasteiger partial charge in [0.2, 0.25) is 0 Å². The van der Waals surface area contributed by atoms with Gasteiger partial charge in [0, 0.05) is 0 Å². The topological polar surface area (TPSA) is 47.8 Å². The van der Waals surface area contributed by atoms with Crippen molar-refractivity contribution in [3.05, 3.63) is 11.4 Å². The molecule has 6 heteroatoms. The minimum Gasteiger partial charge on any atom is -0.296 e. The van der Waals surface area contributed by atoms with Crippen molar-refractivity contribution in [3.63, 3.8) is 0 Å². The van der Waals surface area contributed by atoms with Crippen molar-refractivity contribution < 1.29 is 13.6 Å². The molecule has 0 aliphatic heterocycles. The Morgan fingerprint density at radius 2 is 2.19 bits per heavy atom. The van der Waals surface area contributed by atoms with Gasteiger partial charge in [0.05, 0.1) is 6.04 Å². The maximum Gasteiger partial charge on any atom is 0.282 e. The van der Waals surface area contributed by atoms with Crippen LogP contribution in [0.5, 0.6) is 0 Å². The Balaban J connectivity index is 2.31. The van der Waals surface area contributed by atoms with E-state index in [1.807, 2.05) is 6.92 Å². The smallest absolute Gasteiger partial charge is 0.282 e. The Bertz CT molecular complexity index is 387. The summed E-state index contributed by atoms with van der Waals surface area (Å²) in [6, 6.07) is -0.112. The molecule has 2 rings (SSSR count). The molecule has 4 nitrogen and oxygen atoms in total. The second-order valence-electron chi connectivity index (χ2n) is 4.15. The number of carbonyl (C=O) groups is 1. The first-order chi connectivity index (χ1) is 7.65. The SMILES string of the molecule is CC(C1CCC1)n1nnc(C=O)c1C(F)F. The lowest BCUT2D eigenvalue weighted by Gasteiger charge is -2.31. The van der Waals surface area contributed by atoms with Gasteiger partial charge in [-0.3, -0.25) is 4.79 Å². The van der Waals surface area contributed by atoms with E-state index in [1.54, 1.807) is 0 Å². The van der Waals surface area contributed by atoms with Crippen LogP contribution in [0.1, 0.15) is 54.8 Å². The fourth-order valence-electron chi connectivity index (χ4n) is 2.03. The molecule has 16 heavy (non-hydrogen) atoms. The largest absolute Gasteiger partial charge is 0.296 e. The Kier molecular flexibility index (Phi) is 2.98. The lowest BCUT2D eigenvalue weighted by Crippen LogP contribution is -2.25. The zero-order chi connectivity index (χ0) is 11.7. The highest BCUT2D eigenvalue weighted by atomic mass is 19.3. The lowest BCUT2D eigenvalue weighted by atomic mass is 9.80. The average molecular weight is 229 g/mol. The van der Waals surface area contributed by atoms with Gasteiger partial charge in [-0.1, -0.05) is 11.6 Å². The number of alkyl halides is 2. The highest BCUT2D eigenvalue weighted by Crippen LogP contribution is 2.37. The molecule has 0 radical (unpaired) electrons. The van der Waals surface area contributed by atoms with Gasteiger partial charge in [-0.05, 0) is 25.7 Å². The summed E-state index contributed by atoms with van der Waals surface area (Å²) in [6.45, 7) is 1.85. The third kappa shape index (κ3) is 1.72. The molecule has 1 saturated carbocycles. The van der Waals surface area contributed by atoms with Crippen molar-refractivity contribution in [2.24, 2.45) is 5.92 Å². The first kappa shape index (κ1) is 11.2. The fraction of sp³-hybridized carbons (Fsp3) is 0.700. The highest BCUT2D eigenvalue weighted by Gasteiger charge is 2.31. The Morgan fingerprint density at radius 3 is 2.62 bits per heavy atom. The van der Waals surface area contributed by atoms with E-state index in [2.05, 4.69) is 10.3 Å². The van der Waals surface area contributed by atoms with Crippen LogP contribution in [0.4, 0.5) is 8.78 Å². The molecule has 1 fully saturated rings. The molecule has 0 spiro atoms. The molecule has 88 valence electrons. The molecule has 0 aromatic carbocycles. The van der Waals surface area contributed by atoms with Crippen LogP contribution in [0, 0.1) is 5.92 Å². The number of hydrogen-bond acceptors (Lipinski definition) is 3. The summed E-state index contributed by atoms with van der Waals surface area (Å²) in [5, 5.41) is 7.15. The van der Waals surface area contributed by atoms with Crippen LogP contribution >= 0.6 is 0 Å². The molecule has 0 saturated heterocycles. The summed E-state index contributed by atoms with van der Waals surface area (Å²) in [6.07, 6.45) is 0.810. The first-order valence-corrected chi connectivity index (χ1v) is 5.33. The Hall–Kier alpha value is -1.33. The van der Waals surface area contributed by atoms with E-state index in [1.165, 1.54) is 4.68 Å². The van der Waals surface area contributed by atoms with Gasteiger partial charge in [-0.15, -0.1) is 5.10 Å². The molecule has 1 unspecified atom stereocenters. The van der Waals surface area contributed by atoms with Crippen LogP contribution in [0.25, 0.3) is 0 Å². The molecular formula is C10H13F2N3O. The van der Waals surface area contributed by atoms with Crippen LogP contribution in [-0.2, 0) is 0 Å². The van der Waals surface area contributed by atoms with Crippen LogP contribution in [0.15, 0.2) is 0 Å². The van der Waals surface area contributed by atoms with Gasteiger partial charge in [0.25, 0.3) is 6.43 Å². The maximum absolute atomic E-state index is 12.8. The first-order valence-electron chi connectivity index (χ1n) is 5.33. The third-order valence-corrected chi connectivity index (χ3v) is 3.29. The summed E-state index contributed by atoms with van der Waals surface area (Å²) < 4.78 is 26.8. The number of aldehydes is 1. The fourth-order valence-corrected chi connectivity index (χ4v) is 2.03. The molecule has 0 amide bonds. The van der Waals surface area contributed by atoms with Crippen molar-refractivity contribution in [2.45, 2.75) is 38.7 Å². The van der Waals surface area contributed by atoms with Crippen LogP contribution in [0.2, 0.25) is 0 Å². The van der Waals surface area contributed by atoms with Crippen molar-refractivity contribution in [1.29, 1.82) is 0 Å². The summed E-state index contributed by atoms with van der Waals surface area (Å²) in [7, 11) is 0. The second-order valence-corrected chi connectivity index (χ2v) is 4.15. The number of hydrogen-bond donors (Lipinski definition) is 0. The number of rotatable bonds is 4. The minimum atomic E-state index is -2.71. The molecule has 1 atom stereocenters. The van der Waals surface area contributed by atoms with Crippen LogP contribution in [-0.4, -0.2) is 21.3 Å². The number of carbonyl (C=O) groups excluding carboxylic acids is 1. The van der Waals surface area contributed by atoms with Gasteiger partial charge in [-0.2, -0.15) is 0 Å². The number of nitrogens with zero attached hydrogens (tertiary/aromatic N) is 3. The molecule has 1 heterocycles. The van der Waals surface area contributed by atoms with Crippen molar-refractivity contribution >= 4 is 6.29 Å². The molecule has 1 aromatic heterocycles. The summed E-state index contributed by atoms with van der Waals surface area (Å²) >= 11 is 0. The zero-order valence-corrected chi connectivity index (χ0v) is 8.94. The predicted octanol–water partition coefficient (Wildman–Crippen LogP) is 2.39. The van der Waals surface area contributed by atoms with Crippen LogP contribution in [0.3, 0.4) is 0 Å². The maximum atomic E-state index is 12.8.